The van der Waals surface area contributed by atoms with Crippen molar-refractivity contribution in [2.75, 3.05) is 5.32 Å². The molecule has 2 aromatic carbocycles. The van der Waals surface area contributed by atoms with Gasteiger partial charge in [0.2, 0.25) is 0 Å². The van der Waals surface area contributed by atoms with Crippen LogP contribution in [0.1, 0.15) is 5.56 Å². The van der Waals surface area contributed by atoms with Crippen molar-refractivity contribution in [2.45, 2.75) is 6.92 Å². The number of hydrogen-bond donors (Lipinski definition) is 1. The molecule has 0 aliphatic rings. The molecule has 0 atom stereocenters. The van der Waals surface area contributed by atoms with E-state index in [0.717, 1.165) is 22.4 Å². The van der Waals surface area contributed by atoms with E-state index >= 15 is 0 Å². The number of nitrogens with zero attached hydrogens (tertiary/aromatic N) is 4. The molecule has 24 heavy (non-hydrogen) atoms. The maximum atomic E-state index is 5.93. The van der Waals surface area contributed by atoms with Crippen molar-refractivity contribution in [1.82, 2.24) is 19.7 Å². The van der Waals surface area contributed by atoms with Crippen LogP contribution in [-0.2, 0) is 0 Å². The molecule has 118 valence electrons. The van der Waals surface area contributed by atoms with E-state index in [1.54, 1.807) is 6.20 Å². The Kier molecular flexibility index (Phi) is 3.63. The summed E-state index contributed by atoms with van der Waals surface area (Å²) >= 11 is 5.93. The number of halogens is 1. The van der Waals surface area contributed by atoms with Crippen molar-refractivity contribution in [3.8, 4) is 5.69 Å². The molecule has 0 aliphatic carbocycles. The molecule has 0 bridgehead atoms. The molecular formula is C18H14ClN5. The second kappa shape index (κ2) is 5.94. The number of anilines is 2. The highest BCUT2D eigenvalue weighted by atomic mass is 35.5. The van der Waals surface area contributed by atoms with Crippen molar-refractivity contribution in [2.24, 2.45) is 0 Å². The van der Waals surface area contributed by atoms with Gasteiger partial charge in [0, 0.05) is 10.7 Å². The van der Waals surface area contributed by atoms with E-state index in [9.17, 15) is 0 Å². The fraction of sp³-hybridized carbons (Fsp3) is 0.0556. The molecule has 1 N–H and O–H groups in total. The van der Waals surface area contributed by atoms with E-state index < -0.39 is 0 Å². The first-order valence-corrected chi connectivity index (χ1v) is 7.87. The van der Waals surface area contributed by atoms with Crippen LogP contribution in [0.3, 0.4) is 0 Å². The third-order valence-corrected chi connectivity index (χ3v) is 3.97. The highest BCUT2D eigenvalue weighted by Gasteiger charge is 2.11. The van der Waals surface area contributed by atoms with Gasteiger partial charge in [0.25, 0.3) is 0 Å². The van der Waals surface area contributed by atoms with Crippen LogP contribution in [0.15, 0.2) is 61.1 Å². The van der Waals surface area contributed by atoms with Crippen LogP contribution in [0.25, 0.3) is 16.7 Å². The van der Waals surface area contributed by atoms with Crippen LogP contribution in [0.5, 0.6) is 0 Å². The molecule has 0 unspecified atom stereocenters. The Labute approximate surface area is 143 Å². The minimum absolute atomic E-state index is 0.695. The highest BCUT2D eigenvalue weighted by Crippen LogP contribution is 2.25. The Hall–Kier alpha value is -2.92. The molecule has 0 spiro atoms. The van der Waals surface area contributed by atoms with Crippen LogP contribution in [0.4, 0.5) is 11.5 Å². The standard InChI is InChI=1S/C18H14ClN5/c1-12-3-2-4-15(9-12)24-18-16(10-22-24)17(20-11-21-18)23-14-7-5-13(19)6-8-14/h2-11H,1H3,(H,20,21,23). The van der Waals surface area contributed by atoms with Gasteiger partial charge in [-0.15, -0.1) is 0 Å². The van der Waals surface area contributed by atoms with Crippen LogP contribution in [-0.4, -0.2) is 19.7 Å². The number of nitrogens with one attached hydrogen (secondary N) is 1. The predicted octanol–water partition coefficient (Wildman–Crippen LogP) is 4.52. The van der Waals surface area contributed by atoms with Gasteiger partial charge in [-0.25, -0.2) is 14.6 Å². The summed E-state index contributed by atoms with van der Waals surface area (Å²) in [5.74, 6) is 0.709. The first-order chi connectivity index (χ1) is 11.7. The zero-order chi connectivity index (χ0) is 16.5. The Morgan fingerprint density at radius 1 is 1.04 bits per heavy atom. The number of aryl methyl sites for hydroxylation is 1. The first kappa shape index (κ1) is 14.7. The molecule has 6 heteroatoms. The summed E-state index contributed by atoms with van der Waals surface area (Å²) in [6.45, 7) is 2.05. The lowest BCUT2D eigenvalue weighted by Gasteiger charge is -2.07. The van der Waals surface area contributed by atoms with E-state index in [1.807, 2.05) is 41.1 Å². The molecule has 4 aromatic rings. The number of benzene rings is 2. The van der Waals surface area contributed by atoms with Gasteiger partial charge in [-0.05, 0) is 48.9 Å². The fourth-order valence-electron chi connectivity index (χ4n) is 2.56. The smallest absolute Gasteiger partial charge is 0.168 e. The van der Waals surface area contributed by atoms with Gasteiger partial charge in [-0.1, -0.05) is 23.7 Å². The van der Waals surface area contributed by atoms with Gasteiger partial charge in [-0.2, -0.15) is 5.10 Å². The van der Waals surface area contributed by atoms with Crippen LogP contribution in [0.2, 0.25) is 5.02 Å². The predicted molar refractivity (Wildman–Crippen MR) is 96.1 cm³/mol. The number of hydrogen-bond acceptors (Lipinski definition) is 4. The van der Waals surface area contributed by atoms with E-state index in [2.05, 4.69) is 39.4 Å². The van der Waals surface area contributed by atoms with Crippen molar-refractivity contribution in [3.05, 3.63) is 71.6 Å². The summed E-state index contributed by atoms with van der Waals surface area (Å²) in [5, 5.41) is 9.31. The summed E-state index contributed by atoms with van der Waals surface area (Å²) in [5.41, 5.74) is 3.81. The average Bonchev–Trinajstić information content (AvgIpc) is 3.02. The Bertz CT molecular complexity index is 1010. The maximum Gasteiger partial charge on any atom is 0.168 e. The van der Waals surface area contributed by atoms with E-state index in [-0.39, 0.29) is 0 Å². The molecule has 0 amide bonds. The van der Waals surface area contributed by atoms with Crippen LogP contribution < -0.4 is 5.32 Å². The van der Waals surface area contributed by atoms with Crippen molar-refractivity contribution in [3.63, 3.8) is 0 Å². The summed E-state index contributed by atoms with van der Waals surface area (Å²) in [6, 6.07) is 15.6. The molecule has 5 nitrogen and oxygen atoms in total. The number of fused-ring (bicyclic) bond motifs is 1. The second-order valence-corrected chi connectivity index (χ2v) is 5.92. The van der Waals surface area contributed by atoms with Gasteiger partial charge in [0.15, 0.2) is 5.65 Å². The van der Waals surface area contributed by atoms with Crippen molar-refractivity contribution < 1.29 is 0 Å². The highest BCUT2D eigenvalue weighted by molar-refractivity contribution is 6.30. The Morgan fingerprint density at radius 2 is 1.88 bits per heavy atom. The second-order valence-electron chi connectivity index (χ2n) is 5.49. The van der Waals surface area contributed by atoms with Crippen molar-refractivity contribution in [1.29, 1.82) is 0 Å². The third kappa shape index (κ3) is 2.70. The zero-order valence-corrected chi connectivity index (χ0v) is 13.7. The van der Waals surface area contributed by atoms with Gasteiger partial charge >= 0.3 is 0 Å². The molecular weight excluding hydrogens is 322 g/mol. The SMILES string of the molecule is Cc1cccc(-n2ncc3c(Nc4ccc(Cl)cc4)ncnc32)c1. The molecule has 4 rings (SSSR count). The van der Waals surface area contributed by atoms with Gasteiger partial charge < -0.3 is 5.32 Å². The molecule has 2 heterocycles. The van der Waals surface area contributed by atoms with Crippen LogP contribution >= 0.6 is 11.6 Å². The lowest BCUT2D eigenvalue weighted by Crippen LogP contribution is -1.99. The van der Waals surface area contributed by atoms with Gasteiger partial charge in [-0.3, -0.25) is 0 Å². The topological polar surface area (TPSA) is 55.6 Å². The minimum Gasteiger partial charge on any atom is -0.340 e. The average molecular weight is 336 g/mol. The third-order valence-electron chi connectivity index (χ3n) is 3.72. The molecule has 0 saturated heterocycles. The molecule has 0 fully saturated rings. The Balaban J connectivity index is 1.77. The monoisotopic (exact) mass is 335 g/mol. The largest absolute Gasteiger partial charge is 0.340 e. The number of rotatable bonds is 3. The summed E-state index contributed by atoms with van der Waals surface area (Å²) < 4.78 is 1.82. The van der Waals surface area contributed by atoms with Crippen molar-refractivity contribution >= 4 is 34.1 Å². The molecule has 0 saturated carbocycles. The lowest BCUT2D eigenvalue weighted by molar-refractivity contribution is 0.894. The molecule has 0 radical (unpaired) electrons. The van der Waals surface area contributed by atoms with Crippen LogP contribution in [0, 0.1) is 6.92 Å². The van der Waals surface area contributed by atoms with E-state index in [4.69, 9.17) is 11.6 Å². The van der Waals surface area contributed by atoms with E-state index in [0.29, 0.717) is 10.8 Å². The maximum absolute atomic E-state index is 5.93. The van der Waals surface area contributed by atoms with Gasteiger partial charge in [0.05, 0.1) is 17.3 Å². The quantitative estimate of drug-likeness (QED) is 0.598. The summed E-state index contributed by atoms with van der Waals surface area (Å²) in [7, 11) is 0. The summed E-state index contributed by atoms with van der Waals surface area (Å²) in [6.07, 6.45) is 3.31. The zero-order valence-electron chi connectivity index (χ0n) is 12.9. The minimum atomic E-state index is 0.695. The first-order valence-electron chi connectivity index (χ1n) is 7.49. The van der Waals surface area contributed by atoms with Gasteiger partial charge in [0.1, 0.15) is 12.1 Å². The summed E-state index contributed by atoms with van der Waals surface area (Å²) in [4.78, 5) is 8.73. The molecule has 0 aliphatic heterocycles. The lowest BCUT2D eigenvalue weighted by atomic mass is 10.2. The molecule has 2 aromatic heterocycles. The normalized spacial score (nSPS) is 10.9. The van der Waals surface area contributed by atoms with E-state index in [1.165, 1.54) is 11.9 Å². The number of aromatic nitrogens is 4. The fourth-order valence-corrected chi connectivity index (χ4v) is 2.69. The Morgan fingerprint density at radius 3 is 2.67 bits per heavy atom.